The lowest BCUT2D eigenvalue weighted by Gasteiger charge is -2.24. The van der Waals surface area contributed by atoms with E-state index in [0.29, 0.717) is 0 Å². The van der Waals surface area contributed by atoms with Crippen LogP contribution in [-0.4, -0.2) is 29.7 Å². The maximum atomic E-state index is 15.0. The molecule has 27 heavy (non-hydrogen) atoms. The van der Waals surface area contributed by atoms with Gasteiger partial charge in [0.05, 0.1) is 11.5 Å². The molecule has 1 saturated heterocycles. The molecule has 1 fully saturated rings. The van der Waals surface area contributed by atoms with Crippen LogP contribution in [0.1, 0.15) is 44.9 Å². The van der Waals surface area contributed by atoms with Crippen molar-refractivity contribution in [3.8, 4) is 0 Å². The number of halogens is 1. The fourth-order valence-electron chi connectivity index (χ4n) is 3.03. The second kappa shape index (κ2) is 6.83. The lowest BCUT2D eigenvalue weighted by Crippen LogP contribution is -2.40. The molecule has 6 nitrogen and oxygen atoms in total. The highest BCUT2D eigenvalue weighted by atomic mass is 19.1. The van der Waals surface area contributed by atoms with Crippen LogP contribution in [0.5, 0.6) is 0 Å². The van der Waals surface area contributed by atoms with Gasteiger partial charge in [0.1, 0.15) is 0 Å². The molecule has 0 aromatic heterocycles. The number of benzene rings is 2. The molecule has 3 rings (SSSR count). The highest BCUT2D eigenvalue weighted by molar-refractivity contribution is 5.91. The van der Waals surface area contributed by atoms with E-state index in [-0.39, 0.29) is 22.3 Å². The lowest BCUT2D eigenvalue weighted by molar-refractivity contribution is -0.255. The van der Waals surface area contributed by atoms with E-state index in [4.69, 9.17) is 9.47 Å². The minimum absolute atomic E-state index is 0.121. The van der Waals surface area contributed by atoms with Gasteiger partial charge in [0.25, 0.3) is 0 Å². The average Bonchev–Trinajstić information content (AvgIpc) is 2.85. The first-order valence-corrected chi connectivity index (χ1v) is 8.20. The van der Waals surface area contributed by atoms with Gasteiger partial charge in [-0.3, -0.25) is 0 Å². The largest absolute Gasteiger partial charge is 0.545 e. The van der Waals surface area contributed by atoms with Crippen LogP contribution < -0.4 is 5.11 Å². The van der Waals surface area contributed by atoms with Gasteiger partial charge in [-0.25, -0.2) is 14.0 Å². The van der Waals surface area contributed by atoms with Crippen LogP contribution in [0.4, 0.5) is 4.39 Å². The third kappa shape index (κ3) is 3.28. The number of carboxylic acid groups (broad SMARTS) is 1. The Hall–Kier alpha value is -3.22. The van der Waals surface area contributed by atoms with E-state index >= 15 is 0 Å². The number of aromatic carboxylic acids is 1. The third-order valence-corrected chi connectivity index (χ3v) is 4.59. The van der Waals surface area contributed by atoms with Gasteiger partial charge in [-0.2, -0.15) is 0 Å². The number of esters is 2. The number of cyclic esters (lactones) is 1. The molecule has 0 aliphatic carbocycles. The number of rotatable bonds is 4. The Morgan fingerprint density at radius 3 is 2.44 bits per heavy atom. The van der Waals surface area contributed by atoms with Crippen molar-refractivity contribution in [1.29, 1.82) is 0 Å². The van der Waals surface area contributed by atoms with Crippen LogP contribution in [-0.2, 0) is 14.3 Å². The van der Waals surface area contributed by atoms with Crippen molar-refractivity contribution in [2.45, 2.75) is 31.7 Å². The van der Waals surface area contributed by atoms with Gasteiger partial charge >= 0.3 is 11.9 Å². The molecule has 0 amide bonds. The smallest absolute Gasteiger partial charge is 0.348 e. The van der Waals surface area contributed by atoms with E-state index < -0.39 is 35.8 Å². The van der Waals surface area contributed by atoms with Gasteiger partial charge in [0.15, 0.2) is 12.2 Å². The van der Waals surface area contributed by atoms with Crippen molar-refractivity contribution in [3.63, 3.8) is 0 Å². The zero-order valence-electron chi connectivity index (χ0n) is 14.6. The highest BCUT2D eigenvalue weighted by Gasteiger charge is 2.58. The molecule has 0 unspecified atom stereocenters. The summed E-state index contributed by atoms with van der Waals surface area (Å²) >= 11 is 0. The van der Waals surface area contributed by atoms with Crippen LogP contribution in [0.25, 0.3) is 0 Å². The van der Waals surface area contributed by atoms with Crippen LogP contribution in [0.2, 0.25) is 0 Å². The monoisotopic (exact) mass is 371 g/mol. The lowest BCUT2D eigenvalue weighted by atomic mass is 9.91. The summed E-state index contributed by atoms with van der Waals surface area (Å²) in [5.41, 5.74) is -2.04. The molecule has 0 N–H and O–H groups in total. The molecule has 7 heteroatoms. The zero-order chi connectivity index (χ0) is 19.8. The standard InChI is InChI=1S/C20H17FO6/c1-11-13(9-6-10-14(11)17(22)23)15-16(20(2,21)19(25)26-15)27-18(24)12-7-4-3-5-8-12/h3-10,15-16H,1-2H3,(H,22,23)/p-1/t15-,16-,20-/m1/s1. The summed E-state index contributed by atoms with van der Waals surface area (Å²) in [7, 11) is 0. The van der Waals surface area contributed by atoms with Gasteiger partial charge in [0, 0.05) is 5.56 Å². The summed E-state index contributed by atoms with van der Waals surface area (Å²) in [5.74, 6) is -3.42. The van der Waals surface area contributed by atoms with Crippen LogP contribution >= 0.6 is 0 Å². The van der Waals surface area contributed by atoms with Crippen molar-refractivity contribution in [2.24, 2.45) is 0 Å². The third-order valence-electron chi connectivity index (χ3n) is 4.59. The summed E-state index contributed by atoms with van der Waals surface area (Å²) in [6.45, 7) is 2.45. The molecule has 2 aromatic rings. The Labute approximate surface area is 154 Å². The van der Waals surface area contributed by atoms with Crippen LogP contribution in [0, 0.1) is 6.92 Å². The molecule has 140 valence electrons. The first kappa shape index (κ1) is 18.6. The number of ether oxygens (including phenoxy) is 2. The van der Waals surface area contributed by atoms with E-state index in [9.17, 15) is 23.9 Å². The quantitative estimate of drug-likeness (QED) is 0.763. The second-order valence-corrected chi connectivity index (χ2v) is 6.40. The molecule has 3 atom stereocenters. The first-order chi connectivity index (χ1) is 12.7. The maximum Gasteiger partial charge on any atom is 0.348 e. The number of hydrogen-bond donors (Lipinski definition) is 0. The summed E-state index contributed by atoms with van der Waals surface area (Å²) in [6, 6.07) is 12.2. The van der Waals surface area contributed by atoms with E-state index in [1.165, 1.54) is 37.3 Å². The van der Waals surface area contributed by atoms with E-state index in [2.05, 4.69) is 0 Å². The second-order valence-electron chi connectivity index (χ2n) is 6.40. The van der Waals surface area contributed by atoms with Crippen LogP contribution in [0.15, 0.2) is 48.5 Å². The molecule has 1 aliphatic rings. The normalized spacial score (nSPS) is 24.3. The van der Waals surface area contributed by atoms with Crippen molar-refractivity contribution in [2.75, 3.05) is 0 Å². The SMILES string of the molecule is Cc1c(C(=O)[O-])cccc1[C@H]1OC(=O)[C@](C)(F)[C@@H]1OC(=O)c1ccccc1. The van der Waals surface area contributed by atoms with Gasteiger partial charge in [-0.05, 0) is 37.1 Å². The summed E-state index contributed by atoms with van der Waals surface area (Å²) in [6.07, 6.45) is -2.85. The predicted octanol–water partition coefficient (Wildman–Crippen LogP) is 1.91. The van der Waals surface area contributed by atoms with Crippen molar-refractivity contribution < 1.29 is 33.4 Å². The summed E-state index contributed by atoms with van der Waals surface area (Å²) in [5, 5.41) is 11.2. The van der Waals surface area contributed by atoms with Crippen molar-refractivity contribution in [1.82, 2.24) is 0 Å². The molecule has 2 aromatic carbocycles. The molecule has 0 saturated carbocycles. The average molecular weight is 371 g/mol. The number of carboxylic acids is 1. The molecule has 0 radical (unpaired) electrons. The maximum absolute atomic E-state index is 15.0. The van der Waals surface area contributed by atoms with Crippen LogP contribution in [0.3, 0.4) is 0 Å². The summed E-state index contributed by atoms with van der Waals surface area (Å²) < 4.78 is 25.4. The minimum atomic E-state index is -2.58. The Balaban J connectivity index is 1.99. The van der Waals surface area contributed by atoms with Crippen molar-refractivity contribution >= 4 is 17.9 Å². The van der Waals surface area contributed by atoms with Crippen molar-refractivity contribution in [3.05, 3.63) is 70.8 Å². The Kier molecular flexibility index (Phi) is 4.70. The molecule has 1 heterocycles. The van der Waals surface area contributed by atoms with Gasteiger partial charge in [-0.1, -0.05) is 36.4 Å². The number of alkyl halides is 1. The fourth-order valence-corrected chi connectivity index (χ4v) is 3.03. The first-order valence-electron chi connectivity index (χ1n) is 8.20. The number of hydrogen-bond acceptors (Lipinski definition) is 6. The van der Waals surface area contributed by atoms with Gasteiger partial charge in [0.2, 0.25) is 5.67 Å². The molecular weight excluding hydrogens is 355 g/mol. The molecule has 1 aliphatic heterocycles. The molecular formula is C20H16FO6-. The molecule has 0 bridgehead atoms. The zero-order valence-corrected chi connectivity index (χ0v) is 14.6. The summed E-state index contributed by atoms with van der Waals surface area (Å²) in [4.78, 5) is 35.6. The topological polar surface area (TPSA) is 92.7 Å². The predicted molar refractivity (Wildman–Crippen MR) is 89.5 cm³/mol. The van der Waals surface area contributed by atoms with E-state index in [1.807, 2.05) is 0 Å². The van der Waals surface area contributed by atoms with Gasteiger partial charge < -0.3 is 19.4 Å². The Bertz CT molecular complexity index is 906. The number of carbonyl (C=O) groups excluding carboxylic acids is 3. The fraction of sp³-hybridized carbons (Fsp3) is 0.250. The minimum Gasteiger partial charge on any atom is -0.545 e. The Morgan fingerprint density at radius 1 is 1.15 bits per heavy atom. The highest BCUT2D eigenvalue weighted by Crippen LogP contribution is 2.42. The molecule has 0 spiro atoms. The van der Waals surface area contributed by atoms with E-state index in [1.54, 1.807) is 18.2 Å². The van der Waals surface area contributed by atoms with E-state index in [0.717, 1.165) is 6.92 Å². The number of carbonyl (C=O) groups is 3. The Morgan fingerprint density at radius 2 is 1.81 bits per heavy atom. The van der Waals surface area contributed by atoms with Gasteiger partial charge in [-0.15, -0.1) is 0 Å².